The number of benzene rings is 2. The van der Waals surface area contributed by atoms with Gasteiger partial charge in [0.15, 0.2) is 0 Å². The Balaban J connectivity index is 1.52. The quantitative estimate of drug-likeness (QED) is 0.399. The highest BCUT2D eigenvalue weighted by Crippen LogP contribution is 2.38. The monoisotopic (exact) mass is 386 g/mol. The number of hydrogen-bond donors (Lipinski definition) is 0. The molecule has 0 heterocycles. The molecule has 0 saturated heterocycles. The molecule has 1 aliphatic rings. The van der Waals surface area contributed by atoms with Gasteiger partial charge in [-0.3, -0.25) is 0 Å². The van der Waals surface area contributed by atoms with Crippen LogP contribution >= 0.6 is 0 Å². The molecule has 0 aliphatic heterocycles. The van der Waals surface area contributed by atoms with Crippen molar-refractivity contribution in [2.24, 2.45) is 5.92 Å². The average Bonchev–Trinajstić information content (AvgIpc) is 2.74. The predicted molar refractivity (Wildman–Crippen MR) is 112 cm³/mol. The third kappa shape index (κ3) is 5.80. The lowest BCUT2D eigenvalue weighted by Crippen LogP contribution is -2.19. The van der Waals surface area contributed by atoms with Crippen molar-refractivity contribution in [1.29, 1.82) is 0 Å². The van der Waals surface area contributed by atoms with Crippen molar-refractivity contribution >= 4 is 0 Å². The van der Waals surface area contributed by atoms with Gasteiger partial charge in [0.25, 0.3) is 0 Å². The largest absolute Gasteiger partial charge is 0.494 e. The minimum absolute atomic E-state index is 0.400. The molecular formula is C25H32F2O. The van der Waals surface area contributed by atoms with Crippen molar-refractivity contribution in [3.8, 4) is 16.9 Å². The fourth-order valence-electron chi connectivity index (χ4n) is 4.11. The summed E-state index contributed by atoms with van der Waals surface area (Å²) in [5.41, 5.74) is 3.63. The van der Waals surface area contributed by atoms with Crippen molar-refractivity contribution in [3.05, 3.63) is 54.1 Å². The topological polar surface area (TPSA) is 9.23 Å². The van der Waals surface area contributed by atoms with Crippen molar-refractivity contribution < 1.29 is 13.5 Å². The normalized spacial score (nSPS) is 19.7. The van der Waals surface area contributed by atoms with Crippen LogP contribution in [0.1, 0.15) is 69.8 Å². The van der Waals surface area contributed by atoms with Crippen LogP contribution in [0.4, 0.5) is 8.78 Å². The summed E-state index contributed by atoms with van der Waals surface area (Å²) in [4.78, 5) is 0. The molecule has 1 nitrogen and oxygen atoms in total. The summed E-state index contributed by atoms with van der Waals surface area (Å²) in [6, 6.07) is 16.9. The second-order valence-corrected chi connectivity index (χ2v) is 8.00. The van der Waals surface area contributed by atoms with Crippen molar-refractivity contribution in [2.45, 2.75) is 70.6 Å². The second kappa shape index (κ2) is 10.6. The maximum atomic E-state index is 12.8. The van der Waals surface area contributed by atoms with Crippen molar-refractivity contribution in [2.75, 3.05) is 6.61 Å². The Kier molecular flexibility index (Phi) is 7.88. The summed E-state index contributed by atoms with van der Waals surface area (Å²) in [5.74, 6) is 0.947. The Labute approximate surface area is 168 Å². The van der Waals surface area contributed by atoms with E-state index in [1.165, 1.54) is 36.0 Å². The van der Waals surface area contributed by atoms with E-state index in [1.54, 1.807) is 0 Å². The molecule has 28 heavy (non-hydrogen) atoms. The minimum Gasteiger partial charge on any atom is -0.494 e. The van der Waals surface area contributed by atoms with Gasteiger partial charge in [-0.05, 0) is 66.8 Å². The number of halogens is 2. The third-order valence-electron chi connectivity index (χ3n) is 5.96. The van der Waals surface area contributed by atoms with Crippen LogP contribution in [-0.4, -0.2) is 13.0 Å². The fraction of sp³-hybridized carbons (Fsp3) is 0.520. The second-order valence-electron chi connectivity index (χ2n) is 8.00. The Hall–Kier alpha value is -1.90. The summed E-state index contributed by atoms with van der Waals surface area (Å²) in [7, 11) is 0. The van der Waals surface area contributed by atoms with E-state index in [0.29, 0.717) is 18.8 Å². The van der Waals surface area contributed by atoms with Gasteiger partial charge < -0.3 is 4.74 Å². The van der Waals surface area contributed by atoms with Gasteiger partial charge in [-0.1, -0.05) is 62.6 Å². The molecule has 0 amide bonds. The number of alkyl halides is 2. The summed E-state index contributed by atoms with van der Waals surface area (Å²) < 4.78 is 31.5. The Morgan fingerprint density at radius 2 is 1.43 bits per heavy atom. The Morgan fingerprint density at radius 1 is 0.821 bits per heavy atom. The van der Waals surface area contributed by atoms with E-state index in [0.717, 1.165) is 31.6 Å². The molecular weight excluding hydrogens is 354 g/mol. The zero-order valence-electron chi connectivity index (χ0n) is 16.9. The number of rotatable bonds is 9. The summed E-state index contributed by atoms with van der Waals surface area (Å²) >= 11 is 0. The standard InChI is InChI=1S/C25H32F2O/c1-2-3-4-5-18-28-24-16-14-22(15-17-24)20-8-6-19(7-9-20)21-10-12-23(13-11-21)25(26)27/h6-9,14-17,21,23,25H,2-5,10-13,18H2,1H3/t21-,23-. The molecule has 1 aliphatic carbocycles. The molecule has 0 N–H and O–H groups in total. The van der Waals surface area contributed by atoms with E-state index in [2.05, 4.69) is 43.3 Å². The van der Waals surface area contributed by atoms with Gasteiger partial charge in [0.05, 0.1) is 6.61 Å². The van der Waals surface area contributed by atoms with E-state index in [9.17, 15) is 8.78 Å². The lowest BCUT2D eigenvalue weighted by molar-refractivity contribution is 0.0528. The fourth-order valence-corrected chi connectivity index (χ4v) is 4.11. The third-order valence-corrected chi connectivity index (χ3v) is 5.96. The molecule has 152 valence electrons. The van der Waals surface area contributed by atoms with Crippen LogP contribution in [0.15, 0.2) is 48.5 Å². The zero-order valence-corrected chi connectivity index (χ0v) is 16.9. The number of ether oxygens (including phenoxy) is 1. The molecule has 0 bridgehead atoms. The highest BCUT2D eigenvalue weighted by Gasteiger charge is 2.27. The van der Waals surface area contributed by atoms with Crippen LogP contribution in [-0.2, 0) is 0 Å². The molecule has 0 aromatic heterocycles. The molecule has 2 aromatic rings. The first-order valence-corrected chi connectivity index (χ1v) is 10.8. The summed E-state index contributed by atoms with van der Waals surface area (Å²) in [6.45, 7) is 2.99. The van der Waals surface area contributed by atoms with Gasteiger partial charge in [-0.25, -0.2) is 8.78 Å². The number of hydrogen-bond acceptors (Lipinski definition) is 1. The van der Waals surface area contributed by atoms with Gasteiger partial charge in [0, 0.05) is 5.92 Å². The molecule has 0 radical (unpaired) electrons. The maximum absolute atomic E-state index is 12.8. The van der Waals surface area contributed by atoms with Gasteiger partial charge in [-0.15, -0.1) is 0 Å². The average molecular weight is 387 g/mol. The van der Waals surface area contributed by atoms with Gasteiger partial charge in [0.1, 0.15) is 5.75 Å². The zero-order chi connectivity index (χ0) is 19.8. The van der Waals surface area contributed by atoms with Crippen LogP contribution in [0.2, 0.25) is 0 Å². The van der Waals surface area contributed by atoms with Crippen LogP contribution in [0, 0.1) is 5.92 Å². The summed E-state index contributed by atoms with van der Waals surface area (Å²) in [6.07, 6.45) is 5.72. The van der Waals surface area contributed by atoms with Crippen molar-refractivity contribution in [1.82, 2.24) is 0 Å². The maximum Gasteiger partial charge on any atom is 0.241 e. The van der Waals surface area contributed by atoms with Crippen LogP contribution in [0.25, 0.3) is 11.1 Å². The molecule has 3 rings (SSSR count). The smallest absolute Gasteiger partial charge is 0.241 e. The first kappa shape index (κ1) is 20.8. The first-order valence-electron chi connectivity index (χ1n) is 10.8. The lowest BCUT2D eigenvalue weighted by atomic mass is 9.78. The lowest BCUT2D eigenvalue weighted by Gasteiger charge is -2.28. The van der Waals surface area contributed by atoms with Crippen LogP contribution < -0.4 is 4.74 Å². The van der Waals surface area contributed by atoms with E-state index < -0.39 is 12.3 Å². The van der Waals surface area contributed by atoms with E-state index in [-0.39, 0.29) is 0 Å². The van der Waals surface area contributed by atoms with E-state index in [4.69, 9.17) is 4.74 Å². The van der Waals surface area contributed by atoms with E-state index in [1.807, 2.05) is 12.1 Å². The predicted octanol–water partition coefficient (Wildman–Crippen LogP) is 7.85. The SMILES string of the molecule is CCCCCCOc1ccc(-c2ccc([C@H]3CC[C@H](C(F)F)CC3)cc2)cc1. The molecule has 3 heteroatoms. The van der Waals surface area contributed by atoms with Crippen LogP contribution in [0.3, 0.4) is 0 Å². The highest BCUT2D eigenvalue weighted by molar-refractivity contribution is 5.64. The molecule has 0 spiro atoms. The van der Waals surface area contributed by atoms with Gasteiger partial charge >= 0.3 is 0 Å². The number of unbranched alkanes of at least 4 members (excludes halogenated alkanes) is 3. The highest BCUT2D eigenvalue weighted by atomic mass is 19.3. The molecule has 1 fully saturated rings. The minimum atomic E-state index is -2.16. The molecule has 2 aromatic carbocycles. The summed E-state index contributed by atoms with van der Waals surface area (Å²) in [5, 5.41) is 0. The van der Waals surface area contributed by atoms with E-state index >= 15 is 0 Å². The molecule has 0 unspecified atom stereocenters. The van der Waals surface area contributed by atoms with Gasteiger partial charge in [0.2, 0.25) is 6.43 Å². The Morgan fingerprint density at radius 3 is 2.00 bits per heavy atom. The van der Waals surface area contributed by atoms with Crippen molar-refractivity contribution in [3.63, 3.8) is 0 Å². The molecule has 1 saturated carbocycles. The van der Waals surface area contributed by atoms with Crippen LogP contribution in [0.5, 0.6) is 5.75 Å². The van der Waals surface area contributed by atoms with Gasteiger partial charge in [-0.2, -0.15) is 0 Å². The molecule has 0 atom stereocenters. The Bertz CT molecular complexity index is 685. The first-order chi connectivity index (χ1) is 13.7.